The zero-order chi connectivity index (χ0) is 16.3. The number of hydrogen-bond donors (Lipinski definition) is 1. The number of alkyl halides is 1. The number of nitrogens with one attached hydrogen (secondary N) is 1. The summed E-state index contributed by atoms with van der Waals surface area (Å²) in [6, 6.07) is 7.54. The number of fused-ring (bicyclic) bond motifs is 2. The minimum atomic E-state index is -0.700. The predicted molar refractivity (Wildman–Crippen MR) is 94.0 cm³/mol. The van der Waals surface area contributed by atoms with E-state index < -0.39 is 15.7 Å². The van der Waals surface area contributed by atoms with Crippen LogP contribution in [0.4, 0.5) is 5.69 Å². The second-order valence-corrected chi connectivity index (χ2v) is 8.86. The molecule has 0 saturated heterocycles. The molecule has 0 heterocycles. The van der Waals surface area contributed by atoms with Crippen molar-refractivity contribution in [3.63, 3.8) is 0 Å². The fourth-order valence-corrected chi connectivity index (χ4v) is 6.15. The third kappa shape index (κ3) is 1.72. The van der Waals surface area contributed by atoms with Crippen molar-refractivity contribution in [2.75, 3.05) is 5.32 Å². The smallest absolute Gasteiger partial charge is 0.232 e. The fourth-order valence-electron chi connectivity index (χ4n) is 4.25. The number of halogens is 2. The molecule has 3 unspecified atom stereocenters. The average molecular weight is 429 g/mol. The van der Waals surface area contributed by atoms with Gasteiger partial charge in [-0.2, -0.15) is 0 Å². The molecular formula is C17H19Br2NO2. The number of carbonyl (C=O) groups excluding carboxylic acids is 2. The second-order valence-electron chi connectivity index (χ2n) is 7.09. The number of carbonyl (C=O) groups is 2. The van der Waals surface area contributed by atoms with Gasteiger partial charge in [0.1, 0.15) is 0 Å². The highest BCUT2D eigenvalue weighted by Gasteiger charge is 2.76. The van der Waals surface area contributed by atoms with Crippen molar-refractivity contribution in [2.24, 2.45) is 16.2 Å². The van der Waals surface area contributed by atoms with Gasteiger partial charge in [-0.3, -0.25) is 9.59 Å². The lowest BCUT2D eigenvalue weighted by molar-refractivity contribution is -0.130. The molecule has 3 nitrogen and oxygen atoms in total. The van der Waals surface area contributed by atoms with Gasteiger partial charge in [0, 0.05) is 9.89 Å². The van der Waals surface area contributed by atoms with Crippen LogP contribution in [-0.4, -0.2) is 16.5 Å². The summed E-state index contributed by atoms with van der Waals surface area (Å²) in [5.74, 6) is 0.0897. The first-order valence-corrected chi connectivity index (χ1v) is 9.14. The van der Waals surface area contributed by atoms with E-state index in [9.17, 15) is 9.59 Å². The van der Waals surface area contributed by atoms with E-state index in [-0.39, 0.29) is 17.1 Å². The lowest BCUT2D eigenvalue weighted by Gasteiger charge is -2.39. The van der Waals surface area contributed by atoms with Gasteiger partial charge < -0.3 is 5.32 Å². The molecule has 1 N–H and O–H groups in total. The number of rotatable bonds is 2. The Bertz CT molecular complexity index is 672. The van der Waals surface area contributed by atoms with E-state index in [4.69, 9.17) is 0 Å². The zero-order valence-corrected chi connectivity index (χ0v) is 16.0. The Morgan fingerprint density at radius 1 is 1.23 bits per heavy atom. The molecule has 2 saturated carbocycles. The third-order valence-electron chi connectivity index (χ3n) is 6.25. The van der Waals surface area contributed by atoms with Crippen LogP contribution in [0.15, 0.2) is 28.7 Å². The van der Waals surface area contributed by atoms with Gasteiger partial charge in [-0.1, -0.05) is 48.8 Å². The van der Waals surface area contributed by atoms with Crippen molar-refractivity contribution >= 4 is 49.2 Å². The summed E-state index contributed by atoms with van der Waals surface area (Å²) < 4.78 is 0.841. The Morgan fingerprint density at radius 2 is 1.86 bits per heavy atom. The fraction of sp³-hybridized carbons (Fsp3) is 0.529. The molecule has 5 heteroatoms. The number of Topliss-reactive ketones (excluding diaryl/α,β-unsaturated/α-hetero) is 1. The van der Waals surface area contributed by atoms with Crippen LogP contribution in [0.2, 0.25) is 0 Å². The van der Waals surface area contributed by atoms with E-state index in [1.807, 2.05) is 31.2 Å². The summed E-state index contributed by atoms with van der Waals surface area (Å²) in [4.78, 5) is 25.4. The molecule has 0 spiro atoms. The summed E-state index contributed by atoms with van der Waals surface area (Å²) in [6.07, 6.45) is 1.50. The molecule has 0 radical (unpaired) electrons. The first-order chi connectivity index (χ1) is 10.2. The SMILES string of the molecule is CC12CCC(C(=O)Nc3ccccc3Br)(C(Br)C1=O)C2(C)C. The highest BCUT2D eigenvalue weighted by Crippen LogP contribution is 2.72. The van der Waals surface area contributed by atoms with E-state index >= 15 is 0 Å². The van der Waals surface area contributed by atoms with Gasteiger partial charge in [0.2, 0.25) is 5.91 Å². The quantitative estimate of drug-likeness (QED) is 0.702. The molecule has 3 rings (SSSR count). The molecule has 3 atom stereocenters. The van der Waals surface area contributed by atoms with Crippen molar-refractivity contribution in [3.8, 4) is 0 Å². The van der Waals surface area contributed by atoms with Crippen molar-refractivity contribution in [2.45, 2.75) is 38.4 Å². The minimum Gasteiger partial charge on any atom is -0.325 e. The molecule has 1 aromatic carbocycles. The van der Waals surface area contributed by atoms with Gasteiger partial charge >= 0.3 is 0 Å². The molecule has 0 aromatic heterocycles. The molecule has 2 aliphatic rings. The Labute approximate surface area is 147 Å². The monoisotopic (exact) mass is 427 g/mol. The number of para-hydroxylation sites is 1. The largest absolute Gasteiger partial charge is 0.325 e. The topological polar surface area (TPSA) is 46.2 Å². The number of hydrogen-bond acceptors (Lipinski definition) is 2. The van der Waals surface area contributed by atoms with E-state index in [1.54, 1.807) is 0 Å². The standard InChI is InChI=1S/C17H19Br2NO2/c1-15(2)16(3)8-9-17(15,12(19)13(16)21)14(22)20-11-7-5-4-6-10(11)18/h4-7,12H,8-9H2,1-3H3,(H,20,22). The summed E-state index contributed by atoms with van der Waals surface area (Å²) >= 11 is 7.00. The number of benzene rings is 1. The van der Waals surface area contributed by atoms with Crippen molar-refractivity contribution in [1.29, 1.82) is 0 Å². The van der Waals surface area contributed by atoms with Crippen LogP contribution in [0, 0.1) is 16.2 Å². The van der Waals surface area contributed by atoms with Gasteiger partial charge in [-0.05, 0) is 46.3 Å². The second kappa shape index (κ2) is 4.91. The Hall–Kier alpha value is -0.680. The number of ketones is 1. The highest BCUT2D eigenvalue weighted by atomic mass is 79.9. The van der Waals surface area contributed by atoms with Gasteiger partial charge in [-0.25, -0.2) is 0 Å². The predicted octanol–water partition coefficient (Wildman–Crippen LogP) is 4.55. The molecular weight excluding hydrogens is 410 g/mol. The van der Waals surface area contributed by atoms with Gasteiger partial charge in [0.15, 0.2) is 5.78 Å². The van der Waals surface area contributed by atoms with E-state index in [1.165, 1.54) is 0 Å². The maximum atomic E-state index is 13.1. The first kappa shape index (κ1) is 16.2. The van der Waals surface area contributed by atoms with E-state index in [2.05, 4.69) is 51.0 Å². The molecule has 2 aliphatic carbocycles. The van der Waals surface area contributed by atoms with E-state index in [0.717, 1.165) is 23.0 Å². The highest BCUT2D eigenvalue weighted by molar-refractivity contribution is 9.10. The molecule has 1 aromatic rings. The molecule has 118 valence electrons. The number of amides is 1. The van der Waals surface area contributed by atoms with Crippen LogP contribution in [0.1, 0.15) is 33.6 Å². The van der Waals surface area contributed by atoms with Gasteiger partial charge in [-0.15, -0.1) is 0 Å². The lowest BCUT2D eigenvalue weighted by atomic mass is 9.64. The van der Waals surface area contributed by atoms with E-state index in [0.29, 0.717) is 0 Å². The Morgan fingerprint density at radius 3 is 2.41 bits per heavy atom. The average Bonchev–Trinajstić information content (AvgIpc) is 2.74. The normalized spacial score (nSPS) is 35.7. The summed E-state index contributed by atoms with van der Waals surface area (Å²) in [5, 5.41) is 3.03. The van der Waals surface area contributed by atoms with Crippen LogP contribution in [0.3, 0.4) is 0 Å². The summed E-state index contributed by atoms with van der Waals surface area (Å²) in [5.41, 5.74) is -0.776. The minimum absolute atomic E-state index is 0.0687. The first-order valence-electron chi connectivity index (χ1n) is 7.43. The molecule has 0 aliphatic heterocycles. The zero-order valence-electron chi connectivity index (χ0n) is 12.9. The molecule has 2 bridgehead atoms. The number of anilines is 1. The molecule has 2 fully saturated rings. The van der Waals surface area contributed by atoms with Crippen LogP contribution in [-0.2, 0) is 9.59 Å². The van der Waals surface area contributed by atoms with Crippen LogP contribution in [0.25, 0.3) is 0 Å². The van der Waals surface area contributed by atoms with Crippen molar-refractivity contribution in [1.82, 2.24) is 0 Å². The van der Waals surface area contributed by atoms with Crippen molar-refractivity contribution in [3.05, 3.63) is 28.7 Å². The third-order valence-corrected chi connectivity index (χ3v) is 8.14. The maximum Gasteiger partial charge on any atom is 0.232 e. The molecule has 1 amide bonds. The summed E-state index contributed by atoms with van der Waals surface area (Å²) in [6.45, 7) is 6.11. The van der Waals surface area contributed by atoms with Crippen LogP contribution >= 0.6 is 31.9 Å². The molecule has 22 heavy (non-hydrogen) atoms. The lowest BCUT2D eigenvalue weighted by Crippen LogP contribution is -2.48. The maximum absolute atomic E-state index is 13.1. The van der Waals surface area contributed by atoms with Crippen molar-refractivity contribution < 1.29 is 9.59 Å². The Balaban J connectivity index is 2.02. The Kier molecular flexibility index (Phi) is 3.61. The van der Waals surface area contributed by atoms with Gasteiger partial charge in [0.05, 0.1) is 15.9 Å². The summed E-state index contributed by atoms with van der Waals surface area (Å²) in [7, 11) is 0. The van der Waals surface area contributed by atoms with Crippen LogP contribution < -0.4 is 5.32 Å². The van der Waals surface area contributed by atoms with Crippen LogP contribution in [0.5, 0.6) is 0 Å². The van der Waals surface area contributed by atoms with Gasteiger partial charge in [0.25, 0.3) is 0 Å².